The summed E-state index contributed by atoms with van der Waals surface area (Å²) in [6, 6.07) is 11.6. The van der Waals surface area contributed by atoms with Gasteiger partial charge in [-0.2, -0.15) is 0 Å². The fourth-order valence-corrected chi connectivity index (χ4v) is 5.12. The number of thioether (sulfide) groups is 1. The zero-order valence-electron chi connectivity index (χ0n) is 17.7. The number of carbonyl (C=O) groups excluding carboxylic acids is 2. The Morgan fingerprint density at radius 1 is 1.09 bits per heavy atom. The van der Waals surface area contributed by atoms with E-state index in [1.807, 2.05) is 0 Å². The second kappa shape index (κ2) is 9.88. The lowest BCUT2D eigenvalue weighted by atomic mass is 9.95. The van der Waals surface area contributed by atoms with Gasteiger partial charge in [0.25, 0.3) is 5.56 Å². The number of ether oxygens (including phenoxy) is 1. The van der Waals surface area contributed by atoms with Gasteiger partial charge in [-0.05, 0) is 55.3 Å². The molecule has 1 fully saturated rings. The molecule has 4 rings (SSSR count). The van der Waals surface area contributed by atoms with Crippen molar-refractivity contribution in [2.24, 2.45) is 0 Å². The molecular weight excluding hydrogens is 448 g/mol. The summed E-state index contributed by atoms with van der Waals surface area (Å²) in [6.07, 6.45) is 5.10. The fraction of sp³-hybridized carbons (Fsp3) is 0.333. The fourth-order valence-electron chi connectivity index (χ4n) is 4.04. The Kier molecular flexibility index (Phi) is 6.96. The molecule has 32 heavy (non-hydrogen) atoms. The summed E-state index contributed by atoms with van der Waals surface area (Å²) < 4.78 is 6.54. The van der Waals surface area contributed by atoms with Crippen LogP contribution < -0.4 is 5.56 Å². The molecule has 1 heterocycles. The van der Waals surface area contributed by atoms with E-state index in [2.05, 4.69) is 0 Å². The van der Waals surface area contributed by atoms with Crippen molar-refractivity contribution in [1.29, 1.82) is 0 Å². The van der Waals surface area contributed by atoms with Crippen LogP contribution in [0.5, 0.6) is 0 Å². The predicted octanol–water partition coefficient (Wildman–Crippen LogP) is 5.32. The number of rotatable bonds is 6. The SMILES string of the molecule is COC(=O)c1ccc2c(=O)n(C3CCCCC3)c(SCC(=O)c3ccc(Cl)cc3)nc2c1. The molecule has 1 aliphatic rings. The van der Waals surface area contributed by atoms with Crippen LogP contribution in [0.2, 0.25) is 5.02 Å². The van der Waals surface area contributed by atoms with Crippen molar-refractivity contribution in [3.63, 3.8) is 0 Å². The quantitative estimate of drug-likeness (QED) is 0.210. The number of ketones is 1. The molecule has 3 aromatic rings. The van der Waals surface area contributed by atoms with Gasteiger partial charge in [0.2, 0.25) is 0 Å². The topological polar surface area (TPSA) is 78.3 Å². The van der Waals surface area contributed by atoms with Gasteiger partial charge in [-0.3, -0.25) is 14.2 Å². The minimum absolute atomic E-state index is 0.0570. The van der Waals surface area contributed by atoms with E-state index in [4.69, 9.17) is 21.3 Å². The molecule has 1 aliphatic carbocycles. The third-order valence-corrected chi connectivity index (χ3v) is 6.93. The number of aromatic nitrogens is 2. The summed E-state index contributed by atoms with van der Waals surface area (Å²) in [4.78, 5) is 42.8. The van der Waals surface area contributed by atoms with Gasteiger partial charge in [0, 0.05) is 16.6 Å². The average Bonchev–Trinajstić information content (AvgIpc) is 2.82. The van der Waals surface area contributed by atoms with Gasteiger partial charge in [0.05, 0.1) is 29.3 Å². The van der Waals surface area contributed by atoms with Crippen molar-refractivity contribution in [3.05, 3.63) is 69.0 Å². The number of hydrogen-bond donors (Lipinski definition) is 0. The van der Waals surface area contributed by atoms with Crippen LogP contribution in [-0.2, 0) is 4.74 Å². The van der Waals surface area contributed by atoms with Gasteiger partial charge >= 0.3 is 5.97 Å². The van der Waals surface area contributed by atoms with Crippen molar-refractivity contribution in [1.82, 2.24) is 9.55 Å². The zero-order valence-corrected chi connectivity index (χ0v) is 19.2. The van der Waals surface area contributed by atoms with Gasteiger partial charge in [0.1, 0.15) is 0 Å². The highest BCUT2D eigenvalue weighted by Gasteiger charge is 2.23. The van der Waals surface area contributed by atoms with E-state index in [1.54, 1.807) is 47.0 Å². The van der Waals surface area contributed by atoms with Crippen LogP contribution in [0.15, 0.2) is 52.4 Å². The van der Waals surface area contributed by atoms with Crippen molar-refractivity contribution < 1.29 is 14.3 Å². The largest absolute Gasteiger partial charge is 0.465 e. The van der Waals surface area contributed by atoms with E-state index in [9.17, 15) is 14.4 Å². The predicted molar refractivity (Wildman–Crippen MR) is 126 cm³/mol. The van der Waals surface area contributed by atoms with Crippen molar-refractivity contribution in [2.75, 3.05) is 12.9 Å². The van der Waals surface area contributed by atoms with Gasteiger partial charge in [-0.1, -0.05) is 42.6 Å². The first-order chi connectivity index (χ1) is 15.5. The van der Waals surface area contributed by atoms with Gasteiger partial charge in [0.15, 0.2) is 10.9 Å². The summed E-state index contributed by atoms with van der Waals surface area (Å²) in [5.41, 5.74) is 1.17. The second-order valence-corrected chi connectivity index (χ2v) is 9.18. The summed E-state index contributed by atoms with van der Waals surface area (Å²) >= 11 is 7.17. The van der Waals surface area contributed by atoms with Gasteiger partial charge < -0.3 is 4.74 Å². The molecule has 0 amide bonds. The molecule has 0 aliphatic heterocycles. The molecule has 0 unspecified atom stereocenters. The number of methoxy groups -OCH3 is 1. The molecule has 0 radical (unpaired) electrons. The number of esters is 1. The molecule has 2 aromatic carbocycles. The van der Waals surface area contributed by atoms with E-state index < -0.39 is 5.97 Å². The first kappa shape index (κ1) is 22.6. The number of Topliss-reactive ketones (excluding diaryl/α,β-unsaturated/α-hetero) is 1. The number of hydrogen-bond acceptors (Lipinski definition) is 6. The maximum absolute atomic E-state index is 13.4. The minimum atomic E-state index is -0.489. The Balaban J connectivity index is 1.73. The first-order valence-corrected chi connectivity index (χ1v) is 11.9. The highest BCUT2D eigenvalue weighted by atomic mass is 35.5. The molecule has 1 aromatic heterocycles. The van der Waals surface area contributed by atoms with Crippen molar-refractivity contribution in [2.45, 2.75) is 43.3 Å². The smallest absolute Gasteiger partial charge is 0.337 e. The second-order valence-electron chi connectivity index (χ2n) is 7.80. The molecule has 0 spiro atoms. The number of carbonyl (C=O) groups is 2. The van der Waals surface area contributed by atoms with Gasteiger partial charge in [-0.15, -0.1) is 0 Å². The Morgan fingerprint density at radius 2 is 1.78 bits per heavy atom. The Bertz CT molecular complexity index is 1220. The number of benzene rings is 2. The van der Waals surface area contributed by atoms with E-state index in [-0.39, 0.29) is 23.1 Å². The number of halogens is 1. The Hall–Kier alpha value is -2.64. The van der Waals surface area contributed by atoms with Crippen LogP contribution in [0.4, 0.5) is 0 Å². The molecule has 0 atom stereocenters. The molecule has 0 N–H and O–H groups in total. The average molecular weight is 471 g/mol. The van der Waals surface area contributed by atoms with E-state index in [1.165, 1.54) is 18.9 Å². The van der Waals surface area contributed by atoms with Crippen LogP contribution in [0, 0.1) is 0 Å². The molecule has 8 heteroatoms. The maximum Gasteiger partial charge on any atom is 0.337 e. The van der Waals surface area contributed by atoms with Crippen molar-refractivity contribution in [3.8, 4) is 0 Å². The molecule has 0 saturated heterocycles. The Labute approximate surface area is 194 Å². The molecule has 166 valence electrons. The standard InChI is InChI=1S/C24H23ClN2O4S/c1-31-23(30)16-9-12-19-20(13-16)26-24(27(22(19)29)18-5-3-2-4-6-18)32-14-21(28)15-7-10-17(25)11-8-15/h7-13,18H,2-6,14H2,1H3. The normalized spacial score (nSPS) is 14.4. The lowest BCUT2D eigenvalue weighted by Crippen LogP contribution is -2.29. The summed E-state index contributed by atoms with van der Waals surface area (Å²) in [5.74, 6) is -0.417. The molecule has 6 nitrogen and oxygen atoms in total. The van der Waals surface area contributed by atoms with E-state index in [0.29, 0.717) is 32.2 Å². The molecular formula is C24H23ClN2O4S. The van der Waals surface area contributed by atoms with E-state index in [0.717, 1.165) is 32.1 Å². The van der Waals surface area contributed by atoms with Crippen LogP contribution in [0.1, 0.15) is 58.9 Å². The van der Waals surface area contributed by atoms with E-state index >= 15 is 0 Å². The Morgan fingerprint density at radius 3 is 2.47 bits per heavy atom. The third-order valence-electron chi connectivity index (χ3n) is 5.73. The lowest BCUT2D eigenvalue weighted by molar-refractivity contribution is 0.0600. The zero-order chi connectivity index (χ0) is 22.7. The first-order valence-electron chi connectivity index (χ1n) is 10.5. The summed E-state index contributed by atoms with van der Waals surface area (Å²) in [7, 11) is 1.31. The molecule has 0 bridgehead atoms. The van der Waals surface area contributed by atoms with Crippen LogP contribution in [0.3, 0.4) is 0 Å². The van der Waals surface area contributed by atoms with Crippen LogP contribution in [-0.4, -0.2) is 34.2 Å². The van der Waals surface area contributed by atoms with Crippen LogP contribution in [0.25, 0.3) is 10.9 Å². The minimum Gasteiger partial charge on any atom is -0.465 e. The number of fused-ring (bicyclic) bond motifs is 1. The van der Waals surface area contributed by atoms with Crippen LogP contribution >= 0.6 is 23.4 Å². The molecule has 1 saturated carbocycles. The maximum atomic E-state index is 13.4. The van der Waals surface area contributed by atoms with Gasteiger partial charge in [-0.25, -0.2) is 9.78 Å². The van der Waals surface area contributed by atoms with Crippen molar-refractivity contribution >= 4 is 46.0 Å². The lowest BCUT2D eigenvalue weighted by Gasteiger charge is -2.26. The summed E-state index contributed by atoms with van der Waals surface area (Å²) in [5, 5.41) is 1.52. The highest BCUT2D eigenvalue weighted by molar-refractivity contribution is 7.99. The highest BCUT2D eigenvalue weighted by Crippen LogP contribution is 2.31. The monoisotopic (exact) mass is 470 g/mol. The summed E-state index contributed by atoms with van der Waals surface area (Å²) in [6.45, 7) is 0. The third kappa shape index (κ3) is 4.74. The number of nitrogens with zero attached hydrogens (tertiary/aromatic N) is 2.